The monoisotopic (exact) mass is 437 g/mol. The Hall–Kier alpha value is -1.92. The van der Waals surface area contributed by atoms with Gasteiger partial charge in [0, 0.05) is 30.1 Å². The molecule has 1 saturated carbocycles. The Kier molecular flexibility index (Phi) is 5.54. The van der Waals surface area contributed by atoms with E-state index in [1.165, 1.54) is 37.4 Å². The number of carbonyl (C=O) groups is 1. The van der Waals surface area contributed by atoms with E-state index in [-0.39, 0.29) is 11.9 Å². The minimum Gasteiger partial charge on any atom is -0.356 e. The van der Waals surface area contributed by atoms with Crippen LogP contribution in [0, 0.1) is 5.92 Å². The third-order valence-electron chi connectivity index (χ3n) is 6.62. The number of thioether (sulfide) groups is 1. The van der Waals surface area contributed by atoms with Crippen molar-refractivity contribution in [1.29, 1.82) is 0 Å². The van der Waals surface area contributed by atoms with Crippen LogP contribution in [0.4, 0.5) is 5.82 Å². The van der Waals surface area contributed by atoms with Crippen LogP contribution in [0.3, 0.4) is 0 Å². The summed E-state index contributed by atoms with van der Waals surface area (Å²) in [4.78, 5) is 23.2. The quantitative estimate of drug-likeness (QED) is 0.460. The number of pyridine rings is 1. The SMILES string of the molecule is CC1CCN(c2nc3ccccc3cc2/C=C2\SC(=S)N(C3CCCC3)C2=O)CC1. The van der Waals surface area contributed by atoms with E-state index in [1.807, 2.05) is 23.1 Å². The number of piperidine rings is 1. The molecule has 3 heterocycles. The Labute approximate surface area is 187 Å². The number of aromatic nitrogens is 1. The number of carbonyl (C=O) groups excluding carboxylic acids is 1. The summed E-state index contributed by atoms with van der Waals surface area (Å²) in [6.07, 6.45) is 8.89. The molecule has 0 bridgehead atoms. The zero-order valence-electron chi connectivity index (χ0n) is 17.3. The minimum absolute atomic E-state index is 0.0725. The van der Waals surface area contributed by atoms with E-state index >= 15 is 0 Å². The van der Waals surface area contributed by atoms with E-state index in [4.69, 9.17) is 17.2 Å². The molecule has 2 saturated heterocycles. The zero-order valence-corrected chi connectivity index (χ0v) is 19.0. The number of benzene rings is 1. The number of thiocarbonyl (C=S) groups is 1. The highest BCUT2D eigenvalue weighted by atomic mass is 32.2. The van der Waals surface area contributed by atoms with E-state index in [0.717, 1.165) is 59.0 Å². The predicted octanol–water partition coefficient (Wildman–Crippen LogP) is 5.61. The molecule has 156 valence electrons. The molecule has 0 unspecified atom stereocenters. The van der Waals surface area contributed by atoms with Gasteiger partial charge in [0.05, 0.1) is 10.4 Å². The van der Waals surface area contributed by atoms with Gasteiger partial charge in [0.1, 0.15) is 10.1 Å². The van der Waals surface area contributed by atoms with E-state index < -0.39 is 0 Å². The molecule has 0 radical (unpaired) electrons. The van der Waals surface area contributed by atoms with Gasteiger partial charge in [-0.3, -0.25) is 9.69 Å². The first-order valence-corrected chi connectivity index (χ1v) is 12.2. The normalized spacial score (nSPS) is 22.8. The molecule has 2 aromatic rings. The zero-order chi connectivity index (χ0) is 20.7. The second-order valence-electron chi connectivity index (χ2n) is 8.75. The van der Waals surface area contributed by atoms with Gasteiger partial charge in [-0.15, -0.1) is 0 Å². The fraction of sp³-hybridized carbons (Fsp3) is 0.458. The van der Waals surface area contributed by atoms with Gasteiger partial charge >= 0.3 is 0 Å². The Morgan fingerprint density at radius 3 is 2.63 bits per heavy atom. The van der Waals surface area contributed by atoms with Crippen LogP contribution >= 0.6 is 24.0 Å². The van der Waals surface area contributed by atoms with Crippen molar-refractivity contribution in [2.45, 2.75) is 51.5 Å². The highest BCUT2D eigenvalue weighted by molar-refractivity contribution is 8.26. The van der Waals surface area contributed by atoms with Crippen molar-refractivity contribution in [3.05, 3.63) is 40.8 Å². The molecular formula is C24H27N3OS2. The molecule has 1 aromatic heterocycles. The summed E-state index contributed by atoms with van der Waals surface area (Å²) in [5, 5.41) is 1.10. The number of rotatable bonds is 3. The van der Waals surface area contributed by atoms with Crippen LogP contribution in [0.25, 0.3) is 17.0 Å². The van der Waals surface area contributed by atoms with Crippen molar-refractivity contribution in [2.75, 3.05) is 18.0 Å². The van der Waals surface area contributed by atoms with Crippen LogP contribution in [0.5, 0.6) is 0 Å². The molecule has 30 heavy (non-hydrogen) atoms. The molecule has 1 amide bonds. The lowest BCUT2D eigenvalue weighted by atomic mass is 9.98. The Morgan fingerprint density at radius 1 is 1.13 bits per heavy atom. The molecule has 3 fully saturated rings. The van der Waals surface area contributed by atoms with Crippen molar-refractivity contribution >= 4 is 57.0 Å². The van der Waals surface area contributed by atoms with Crippen LogP contribution in [-0.4, -0.2) is 39.2 Å². The molecule has 1 aliphatic carbocycles. The molecule has 6 heteroatoms. The number of nitrogens with zero attached hydrogens (tertiary/aromatic N) is 3. The maximum atomic E-state index is 13.2. The highest BCUT2D eigenvalue weighted by Crippen LogP contribution is 2.39. The maximum Gasteiger partial charge on any atom is 0.266 e. The number of anilines is 1. The first kappa shape index (κ1) is 20.0. The van der Waals surface area contributed by atoms with E-state index in [9.17, 15) is 4.79 Å². The van der Waals surface area contributed by atoms with Crippen LogP contribution in [-0.2, 0) is 4.79 Å². The summed E-state index contributed by atoms with van der Waals surface area (Å²) in [6.45, 7) is 4.34. The average molecular weight is 438 g/mol. The van der Waals surface area contributed by atoms with Crippen LogP contribution in [0.2, 0.25) is 0 Å². The molecule has 5 rings (SSSR count). The smallest absolute Gasteiger partial charge is 0.266 e. The second-order valence-corrected chi connectivity index (χ2v) is 10.4. The van der Waals surface area contributed by atoms with Gasteiger partial charge in [-0.1, -0.05) is 61.9 Å². The van der Waals surface area contributed by atoms with Gasteiger partial charge in [0.25, 0.3) is 5.91 Å². The third kappa shape index (κ3) is 3.76. The largest absolute Gasteiger partial charge is 0.356 e. The van der Waals surface area contributed by atoms with Crippen LogP contribution < -0.4 is 4.90 Å². The highest BCUT2D eigenvalue weighted by Gasteiger charge is 2.38. The fourth-order valence-electron chi connectivity index (χ4n) is 4.80. The molecule has 1 aromatic carbocycles. The van der Waals surface area contributed by atoms with Crippen molar-refractivity contribution in [2.24, 2.45) is 5.92 Å². The average Bonchev–Trinajstić information content (AvgIpc) is 3.36. The van der Waals surface area contributed by atoms with Gasteiger partial charge in [0.15, 0.2) is 0 Å². The summed E-state index contributed by atoms with van der Waals surface area (Å²) in [7, 11) is 0. The second kappa shape index (κ2) is 8.31. The molecule has 0 N–H and O–H groups in total. The maximum absolute atomic E-state index is 13.2. The van der Waals surface area contributed by atoms with Crippen molar-refractivity contribution in [3.63, 3.8) is 0 Å². The lowest BCUT2D eigenvalue weighted by molar-refractivity contribution is -0.123. The minimum atomic E-state index is 0.0725. The predicted molar refractivity (Wildman–Crippen MR) is 130 cm³/mol. The van der Waals surface area contributed by atoms with Gasteiger partial charge in [0.2, 0.25) is 0 Å². The number of para-hydroxylation sites is 1. The van der Waals surface area contributed by atoms with Gasteiger partial charge in [-0.25, -0.2) is 4.98 Å². The Morgan fingerprint density at radius 2 is 1.87 bits per heavy atom. The number of hydrogen-bond acceptors (Lipinski definition) is 5. The van der Waals surface area contributed by atoms with E-state index in [1.54, 1.807) is 0 Å². The molecular weight excluding hydrogens is 410 g/mol. The van der Waals surface area contributed by atoms with E-state index in [2.05, 4.69) is 30.0 Å². The lowest BCUT2D eigenvalue weighted by Crippen LogP contribution is -2.36. The third-order valence-corrected chi connectivity index (χ3v) is 7.95. The summed E-state index contributed by atoms with van der Waals surface area (Å²) in [5.41, 5.74) is 2.02. The number of hydrogen-bond donors (Lipinski definition) is 0. The lowest BCUT2D eigenvalue weighted by Gasteiger charge is -2.32. The first-order valence-electron chi connectivity index (χ1n) is 11.0. The van der Waals surface area contributed by atoms with Crippen molar-refractivity contribution < 1.29 is 4.79 Å². The molecule has 0 atom stereocenters. The van der Waals surface area contributed by atoms with Gasteiger partial charge < -0.3 is 4.90 Å². The molecule has 4 nitrogen and oxygen atoms in total. The van der Waals surface area contributed by atoms with E-state index in [0.29, 0.717) is 4.32 Å². The van der Waals surface area contributed by atoms with Gasteiger partial charge in [-0.05, 0) is 49.8 Å². The molecule has 3 aliphatic rings. The first-order chi connectivity index (χ1) is 14.6. The van der Waals surface area contributed by atoms with Crippen molar-refractivity contribution in [1.82, 2.24) is 9.88 Å². The van der Waals surface area contributed by atoms with Crippen LogP contribution in [0.15, 0.2) is 35.2 Å². The summed E-state index contributed by atoms with van der Waals surface area (Å²) in [6, 6.07) is 10.7. The van der Waals surface area contributed by atoms with Crippen LogP contribution in [0.1, 0.15) is 51.0 Å². The summed E-state index contributed by atoms with van der Waals surface area (Å²) < 4.78 is 0.709. The summed E-state index contributed by atoms with van der Waals surface area (Å²) in [5.74, 6) is 1.82. The van der Waals surface area contributed by atoms with Crippen molar-refractivity contribution in [3.8, 4) is 0 Å². The van der Waals surface area contributed by atoms with Gasteiger partial charge in [-0.2, -0.15) is 0 Å². The summed E-state index contributed by atoms with van der Waals surface area (Å²) >= 11 is 7.04. The Bertz CT molecular complexity index is 1020. The molecule has 2 aliphatic heterocycles. The molecule has 0 spiro atoms. The topological polar surface area (TPSA) is 36.4 Å². The number of amides is 1. The number of fused-ring (bicyclic) bond motifs is 1. The standard InChI is InChI=1S/C24H27N3OS2/c1-16-10-12-26(13-11-16)22-18(14-17-6-2-5-9-20(17)25-22)15-21-23(28)27(24(29)30-21)19-7-3-4-8-19/h2,5-6,9,14-16,19H,3-4,7-8,10-13H2,1H3/b21-15-. The fourth-order valence-corrected chi connectivity index (χ4v) is 6.19. The Balaban J connectivity index is 1.53.